The summed E-state index contributed by atoms with van der Waals surface area (Å²) < 4.78 is 31.9. The first kappa shape index (κ1) is 32.1. The van der Waals surface area contributed by atoms with Crippen LogP contribution < -0.4 is 5.32 Å². The number of carbonyl (C=O) groups is 1. The molecule has 0 aliphatic carbocycles. The summed E-state index contributed by atoms with van der Waals surface area (Å²) >= 11 is 0. The first-order valence-electron chi connectivity index (χ1n) is 13.4. The van der Waals surface area contributed by atoms with Gasteiger partial charge in [0.25, 0.3) is 10.1 Å². The van der Waals surface area contributed by atoms with Crippen LogP contribution in [0.5, 0.6) is 0 Å². The third kappa shape index (κ3) is 22.6. The van der Waals surface area contributed by atoms with Gasteiger partial charge in [-0.15, -0.1) is 0 Å². The van der Waals surface area contributed by atoms with Crippen LogP contribution in [0.25, 0.3) is 0 Å². The highest BCUT2D eigenvalue weighted by atomic mass is 32.2. The van der Waals surface area contributed by atoms with Crippen molar-refractivity contribution in [2.75, 3.05) is 5.75 Å². The van der Waals surface area contributed by atoms with Crippen LogP contribution in [-0.4, -0.2) is 41.9 Å². The molecule has 0 radical (unpaired) electrons. The Morgan fingerprint density at radius 2 is 1.30 bits per heavy atom. The van der Waals surface area contributed by atoms with Crippen LogP contribution in [0.15, 0.2) is 12.2 Å². The van der Waals surface area contributed by atoms with Gasteiger partial charge in [0, 0.05) is 6.42 Å². The van der Waals surface area contributed by atoms with Crippen molar-refractivity contribution < 1.29 is 22.9 Å². The number of nitrogens with one attached hydrogen (secondary N) is 1. The van der Waals surface area contributed by atoms with Crippen molar-refractivity contribution in [3.8, 4) is 0 Å². The SMILES string of the molecule is CCCC/C=C\CCCCCCCC(=O)NC(CS(=O)(=O)O)C(O)CCCCCCCCC. The fourth-order valence-electron chi connectivity index (χ4n) is 3.90. The van der Waals surface area contributed by atoms with E-state index < -0.39 is 28.0 Å². The Labute approximate surface area is 203 Å². The van der Waals surface area contributed by atoms with Crippen LogP contribution in [-0.2, 0) is 14.9 Å². The number of hydrogen-bond acceptors (Lipinski definition) is 4. The number of carbonyl (C=O) groups excluding carboxylic acids is 1. The zero-order chi connectivity index (χ0) is 24.8. The molecule has 0 aliphatic rings. The van der Waals surface area contributed by atoms with Gasteiger partial charge in [0.2, 0.25) is 5.91 Å². The third-order valence-electron chi connectivity index (χ3n) is 5.97. The first-order chi connectivity index (χ1) is 15.8. The predicted octanol–water partition coefficient (Wildman–Crippen LogP) is 6.34. The Balaban J connectivity index is 4.10. The Bertz CT molecular complexity index is 591. The lowest BCUT2D eigenvalue weighted by atomic mass is 10.0. The van der Waals surface area contributed by atoms with E-state index in [1.807, 2.05) is 0 Å². The van der Waals surface area contributed by atoms with Gasteiger partial charge in [0.1, 0.15) is 0 Å². The second-order valence-corrected chi connectivity index (χ2v) is 10.8. The van der Waals surface area contributed by atoms with Crippen molar-refractivity contribution in [2.45, 2.75) is 142 Å². The molecule has 0 saturated heterocycles. The topological polar surface area (TPSA) is 104 Å². The Morgan fingerprint density at radius 3 is 1.91 bits per heavy atom. The summed E-state index contributed by atoms with van der Waals surface area (Å²) in [6, 6.07) is -0.966. The Hall–Kier alpha value is -0.920. The second-order valence-electron chi connectivity index (χ2n) is 9.32. The monoisotopic (exact) mass is 489 g/mol. The normalized spacial score (nSPS) is 13.9. The Morgan fingerprint density at radius 1 is 0.788 bits per heavy atom. The van der Waals surface area contributed by atoms with Crippen molar-refractivity contribution in [2.24, 2.45) is 0 Å². The van der Waals surface area contributed by atoms with Gasteiger partial charge in [-0.2, -0.15) is 8.42 Å². The number of rotatable bonds is 23. The van der Waals surface area contributed by atoms with Gasteiger partial charge >= 0.3 is 0 Å². The average Bonchev–Trinajstić information content (AvgIpc) is 2.75. The van der Waals surface area contributed by atoms with Gasteiger partial charge in [-0.25, -0.2) is 0 Å². The molecule has 0 heterocycles. The molecule has 7 heteroatoms. The molecule has 0 aromatic heterocycles. The van der Waals surface area contributed by atoms with E-state index in [2.05, 4.69) is 31.3 Å². The molecule has 1 amide bonds. The largest absolute Gasteiger partial charge is 0.391 e. The van der Waals surface area contributed by atoms with Crippen LogP contribution in [0, 0.1) is 0 Å². The van der Waals surface area contributed by atoms with Crippen molar-refractivity contribution >= 4 is 16.0 Å². The molecule has 0 aromatic rings. The highest BCUT2D eigenvalue weighted by molar-refractivity contribution is 7.85. The molecule has 196 valence electrons. The van der Waals surface area contributed by atoms with E-state index >= 15 is 0 Å². The van der Waals surface area contributed by atoms with Crippen LogP contribution in [0.3, 0.4) is 0 Å². The summed E-state index contributed by atoms with van der Waals surface area (Å²) in [5.41, 5.74) is 0. The smallest absolute Gasteiger partial charge is 0.266 e. The molecule has 2 unspecified atom stereocenters. The molecule has 0 saturated carbocycles. The van der Waals surface area contributed by atoms with E-state index in [4.69, 9.17) is 0 Å². The zero-order valence-corrected chi connectivity index (χ0v) is 22.1. The first-order valence-corrected chi connectivity index (χ1v) is 15.0. The standard InChI is InChI=1S/C26H51NO5S/c1-3-5-7-9-11-12-13-14-16-18-20-22-26(29)27-24(23-33(30,31)32)25(28)21-19-17-15-10-8-6-4-2/h9,11,24-25,28H,3-8,10,12-23H2,1-2H3,(H,27,29)(H,30,31,32)/b11-9-. The molecule has 0 rings (SSSR count). The summed E-state index contributed by atoms with van der Waals surface area (Å²) in [6.07, 6.45) is 21.8. The van der Waals surface area contributed by atoms with Gasteiger partial charge in [0.05, 0.1) is 17.9 Å². The van der Waals surface area contributed by atoms with Crippen LogP contribution in [0.4, 0.5) is 0 Å². The van der Waals surface area contributed by atoms with Gasteiger partial charge < -0.3 is 10.4 Å². The van der Waals surface area contributed by atoms with Crippen molar-refractivity contribution in [3.63, 3.8) is 0 Å². The van der Waals surface area contributed by atoms with Crippen molar-refractivity contribution in [3.05, 3.63) is 12.2 Å². The molecule has 0 fully saturated rings. The fraction of sp³-hybridized carbons (Fsp3) is 0.885. The second kappa shape index (κ2) is 21.6. The molecule has 0 spiro atoms. The molecule has 2 atom stereocenters. The van der Waals surface area contributed by atoms with E-state index in [1.165, 1.54) is 38.5 Å². The zero-order valence-electron chi connectivity index (χ0n) is 21.3. The quantitative estimate of drug-likeness (QED) is 0.0883. The van der Waals surface area contributed by atoms with Crippen molar-refractivity contribution in [1.29, 1.82) is 0 Å². The van der Waals surface area contributed by atoms with E-state index in [1.54, 1.807) is 0 Å². The number of amides is 1. The number of aliphatic hydroxyl groups is 1. The van der Waals surface area contributed by atoms with Gasteiger partial charge in [0.15, 0.2) is 0 Å². The predicted molar refractivity (Wildman–Crippen MR) is 138 cm³/mol. The number of unbranched alkanes of at least 4 members (excludes halogenated alkanes) is 13. The van der Waals surface area contributed by atoms with E-state index in [9.17, 15) is 22.9 Å². The van der Waals surface area contributed by atoms with E-state index in [-0.39, 0.29) is 5.91 Å². The lowest BCUT2D eigenvalue weighted by Crippen LogP contribution is -2.47. The highest BCUT2D eigenvalue weighted by Crippen LogP contribution is 2.13. The maximum atomic E-state index is 12.3. The maximum absolute atomic E-state index is 12.3. The van der Waals surface area contributed by atoms with Crippen LogP contribution in [0.2, 0.25) is 0 Å². The molecule has 33 heavy (non-hydrogen) atoms. The molecule has 0 bridgehead atoms. The highest BCUT2D eigenvalue weighted by Gasteiger charge is 2.25. The maximum Gasteiger partial charge on any atom is 0.266 e. The van der Waals surface area contributed by atoms with Crippen LogP contribution >= 0.6 is 0 Å². The van der Waals surface area contributed by atoms with E-state index in [0.717, 1.165) is 64.2 Å². The minimum absolute atomic E-state index is 0.263. The number of aliphatic hydroxyl groups excluding tert-OH is 1. The van der Waals surface area contributed by atoms with Gasteiger partial charge in [-0.05, 0) is 32.1 Å². The molecular formula is C26H51NO5S. The average molecular weight is 490 g/mol. The molecule has 6 nitrogen and oxygen atoms in total. The fourth-order valence-corrected chi connectivity index (χ4v) is 4.66. The molecule has 3 N–H and O–H groups in total. The summed E-state index contributed by atoms with van der Waals surface area (Å²) in [7, 11) is -4.29. The summed E-state index contributed by atoms with van der Waals surface area (Å²) in [5, 5.41) is 13.1. The number of hydrogen-bond donors (Lipinski definition) is 3. The minimum atomic E-state index is -4.29. The third-order valence-corrected chi connectivity index (χ3v) is 6.75. The summed E-state index contributed by atoms with van der Waals surface area (Å²) in [4.78, 5) is 12.3. The van der Waals surface area contributed by atoms with Gasteiger partial charge in [-0.1, -0.05) is 103 Å². The minimum Gasteiger partial charge on any atom is -0.391 e. The lowest BCUT2D eigenvalue weighted by molar-refractivity contribution is -0.122. The summed E-state index contributed by atoms with van der Waals surface area (Å²) in [5.74, 6) is -0.913. The number of allylic oxidation sites excluding steroid dienone is 2. The molecule has 0 aromatic carbocycles. The van der Waals surface area contributed by atoms with Crippen LogP contribution in [0.1, 0.15) is 129 Å². The molecular weight excluding hydrogens is 438 g/mol. The van der Waals surface area contributed by atoms with Gasteiger partial charge in [-0.3, -0.25) is 9.35 Å². The van der Waals surface area contributed by atoms with Crippen molar-refractivity contribution in [1.82, 2.24) is 5.32 Å². The molecule has 0 aliphatic heterocycles. The lowest BCUT2D eigenvalue weighted by Gasteiger charge is -2.23. The van der Waals surface area contributed by atoms with E-state index in [0.29, 0.717) is 12.8 Å². The summed E-state index contributed by atoms with van der Waals surface area (Å²) in [6.45, 7) is 4.37. The Kier molecular flexibility index (Phi) is 21.0.